The number of aromatic nitrogens is 3. The van der Waals surface area contributed by atoms with Crippen molar-refractivity contribution in [1.82, 2.24) is 14.8 Å². The van der Waals surface area contributed by atoms with Gasteiger partial charge in [0, 0.05) is 11.4 Å². The zero-order valence-electron chi connectivity index (χ0n) is 19.7. The smallest absolute Gasteiger partial charge is 0.234 e. The molecule has 1 heterocycles. The fourth-order valence-corrected chi connectivity index (χ4v) is 4.10. The largest absolute Gasteiger partial charge is 0.497 e. The van der Waals surface area contributed by atoms with Gasteiger partial charge in [-0.3, -0.25) is 9.36 Å². The Morgan fingerprint density at radius 1 is 0.886 bits per heavy atom. The van der Waals surface area contributed by atoms with Gasteiger partial charge in [0.1, 0.15) is 28.8 Å². The Bertz CT molecular complexity index is 1260. The standard InChI is InChI=1S/C26H26N4O4S/c1-4-33-22-13-15-24(16-14-22)34-23-9-5-19(6-10-23)27-25(31)17-35-26-29-28-18(2)30(26)20-7-11-21(32-3)12-8-20/h5-16H,4,17H2,1-3H3,(H,27,31). The first-order valence-corrected chi connectivity index (χ1v) is 12.0. The van der Waals surface area contributed by atoms with E-state index < -0.39 is 0 Å². The van der Waals surface area contributed by atoms with Gasteiger partial charge >= 0.3 is 0 Å². The maximum Gasteiger partial charge on any atom is 0.234 e. The van der Waals surface area contributed by atoms with Crippen LogP contribution in [-0.2, 0) is 4.79 Å². The predicted octanol–water partition coefficient (Wildman–Crippen LogP) is 5.51. The van der Waals surface area contributed by atoms with Crippen LogP contribution in [0.25, 0.3) is 5.69 Å². The average molecular weight is 491 g/mol. The number of rotatable bonds is 10. The Hall–Kier alpha value is -3.98. The normalized spacial score (nSPS) is 10.6. The number of nitrogens with zero attached hydrogens (tertiary/aromatic N) is 3. The molecule has 0 saturated heterocycles. The van der Waals surface area contributed by atoms with Gasteiger partial charge in [0.05, 0.1) is 19.5 Å². The summed E-state index contributed by atoms with van der Waals surface area (Å²) in [4.78, 5) is 12.5. The number of amides is 1. The summed E-state index contributed by atoms with van der Waals surface area (Å²) in [6.07, 6.45) is 0. The van der Waals surface area contributed by atoms with E-state index in [1.807, 2.05) is 79.1 Å². The van der Waals surface area contributed by atoms with Crippen LogP contribution in [-0.4, -0.2) is 40.1 Å². The summed E-state index contributed by atoms with van der Waals surface area (Å²) in [5, 5.41) is 11.9. The van der Waals surface area contributed by atoms with Crippen molar-refractivity contribution in [2.45, 2.75) is 19.0 Å². The van der Waals surface area contributed by atoms with E-state index in [1.54, 1.807) is 19.2 Å². The molecule has 0 aliphatic heterocycles. The lowest BCUT2D eigenvalue weighted by Crippen LogP contribution is -2.14. The molecule has 1 amide bonds. The molecule has 8 nitrogen and oxygen atoms in total. The van der Waals surface area contributed by atoms with E-state index in [2.05, 4.69) is 15.5 Å². The third-order valence-corrected chi connectivity index (χ3v) is 5.90. The number of carbonyl (C=O) groups excluding carboxylic acids is 1. The van der Waals surface area contributed by atoms with Crippen LogP contribution in [0.1, 0.15) is 12.7 Å². The minimum atomic E-state index is -0.142. The number of hydrogen-bond donors (Lipinski definition) is 1. The van der Waals surface area contributed by atoms with E-state index in [1.165, 1.54) is 11.8 Å². The number of aryl methyl sites for hydroxylation is 1. The van der Waals surface area contributed by atoms with E-state index in [0.717, 1.165) is 23.0 Å². The van der Waals surface area contributed by atoms with Gasteiger partial charge in [-0.15, -0.1) is 10.2 Å². The highest BCUT2D eigenvalue weighted by Gasteiger charge is 2.14. The number of benzene rings is 3. The number of ether oxygens (including phenoxy) is 3. The van der Waals surface area contributed by atoms with E-state index in [0.29, 0.717) is 28.9 Å². The zero-order valence-corrected chi connectivity index (χ0v) is 20.5. The molecule has 4 aromatic rings. The summed E-state index contributed by atoms with van der Waals surface area (Å²) in [6.45, 7) is 4.44. The average Bonchev–Trinajstić information content (AvgIpc) is 3.25. The maximum atomic E-state index is 12.5. The summed E-state index contributed by atoms with van der Waals surface area (Å²) in [5.74, 6) is 3.73. The number of nitrogens with one attached hydrogen (secondary N) is 1. The van der Waals surface area contributed by atoms with Gasteiger partial charge in [-0.05, 0) is 86.6 Å². The first-order valence-electron chi connectivity index (χ1n) is 11.1. The molecule has 0 aliphatic carbocycles. The van der Waals surface area contributed by atoms with Gasteiger partial charge in [0.25, 0.3) is 0 Å². The second-order valence-corrected chi connectivity index (χ2v) is 8.37. The number of thioether (sulfide) groups is 1. The summed E-state index contributed by atoms with van der Waals surface area (Å²) >= 11 is 1.32. The molecule has 35 heavy (non-hydrogen) atoms. The van der Waals surface area contributed by atoms with Crippen LogP contribution in [0.15, 0.2) is 78.0 Å². The molecule has 3 aromatic carbocycles. The molecule has 1 N–H and O–H groups in total. The van der Waals surface area contributed by atoms with Gasteiger partial charge in [0.15, 0.2) is 5.16 Å². The molecule has 0 spiro atoms. The Kier molecular flexibility index (Phi) is 7.89. The van der Waals surface area contributed by atoms with E-state index in [9.17, 15) is 4.79 Å². The number of hydrogen-bond acceptors (Lipinski definition) is 7. The number of methoxy groups -OCH3 is 1. The summed E-state index contributed by atoms with van der Waals surface area (Å²) < 4.78 is 18.4. The Morgan fingerprint density at radius 2 is 1.49 bits per heavy atom. The summed E-state index contributed by atoms with van der Waals surface area (Å²) in [7, 11) is 1.63. The lowest BCUT2D eigenvalue weighted by Gasteiger charge is -2.10. The third-order valence-electron chi connectivity index (χ3n) is 4.97. The monoisotopic (exact) mass is 490 g/mol. The first-order chi connectivity index (χ1) is 17.1. The Balaban J connectivity index is 1.32. The summed E-state index contributed by atoms with van der Waals surface area (Å²) in [5.41, 5.74) is 1.58. The zero-order chi connectivity index (χ0) is 24.6. The van der Waals surface area contributed by atoms with E-state index in [4.69, 9.17) is 14.2 Å². The van der Waals surface area contributed by atoms with Crippen molar-refractivity contribution in [3.8, 4) is 28.7 Å². The van der Waals surface area contributed by atoms with Crippen molar-refractivity contribution < 1.29 is 19.0 Å². The van der Waals surface area contributed by atoms with Gasteiger partial charge in [-0.2, -0.15) is 0 Å². The maximum absolute atomic E-state index is 12.5. The fraction of sp³-hybridized carbons (Fsp3) is 0.192. The van der Waals surface area contributed by atoms with E-state index in [-0.39, 0.29) is 11.7 Å². The van der Waals surface area contributed by atoms with Crippen molar-refractivity contribution in [2.24, 2.45) is 0 Å². The molecule has 0 unspecified atom stereocenters. The van der Waals surface area contributed by atoms with Crippen LogP contribution in [0.2, 0.25) is 0 Å². The molecule has 1 aromatic heterocycles. The van der Waals surface area contributed by atoms with Crippen LogP contribution >= 0.6 is 11.8 Å². The van der Waals surface area contributed by atoms with Crippen molar-refractivity contribution in [3.05, 3.63) is 78.6 Å². The first kappa shape index (κ1) is 24.2. The molecule has 0 fully saturated rings. The van der Waals surface area contributed by atoms with Crippen molar-refractivity contribution >= 4 is 23.4 Å². The molecule has 180 valence electrons. The second-order valence-electron chi connectivity index (χ2n) is 7.43. The lowest BCUT2D eigenvalue weighted by molar-refractivity contribution is -0.113. The molecule has 0 atom stereocenters. The molecule has 9 heteroatoms. The van der Waals surface area contributed by atoms with Crippen molar-refractivity contribution in [2.75, 3.05) is 24.8 Å². The molecular formula is C26H26N4O4S. The quantitative estimate of drug-likeness (QED) is 0.293. The van der Waals surface area contributed by atoms with Gasteiger partial charge in [0.2, 0.25) is 5.91 Å². The lowest BCUT2D eigenvalue weighted by atomic mass is 10.3. The van der Waals surface area contributed by atoms with Crippen LogP contribution in [0, 0.1) is 6.92 Å². The van der Waals surface area contributed by atoms with Gasteiger partial charge in [-0.1, -0.05) is 11.8 Å². The van der Waals surface area contributed by atoms with Crippen LogP contribution < -0.4 is 19.5 Å². The van der Waals surface area contributed by atoms with Crippen molar-refractivity contribution in [3.63, 3.8) is 0 Å². The third kappa shape index (κ3) is 6.33. The highest BCUT2D eigenvalue weighted by atomic mass is 32.2. The number of anilines is 1. The fourth-order valence-electron chi connectivity index (χ4n) is 3.31. The highest BCUT2D eigenvalue weighted by molar-refractivity contribution is 7.99. The molecule has 4 rings (SSSR count). The molecule has 0 bridgehead atoms. The highest BCUT2D eigenvalue weighted by Crippen LogP contribution is 2.26. The molecule has 0 saturated carbocycles. The van der Waals surface area contributed by atoms with Gasteiger partial charge in [-0.25, -0.2) is 0 Å². The molecular weight excluding hydrogens is 464 g/mol. The minimum Gasteiger partial charge on any atom is -0.497 e. The van der Waals surface area contributed by atoms with Gasteiger partial charge < -0.3 is 19.5 Å². The SMILES string of the molecule is CCOc1ccc(Oc2ccc(NC(=O)CSc3nnc(C)n3-c3ccc(OC)cc3)cc2)cc1. The molecule has 0 radical (unpaired) electrons. The minimum absolute atomic E-state index is 0.142. The predicted molar refractivity (Wildman–Crippen MR) is 136 cm³/mol. The van der Waals surface area contributed by atoms with Crippen LogP contribution in [0.3, 0.4) is 0 Å². The Labute approximate surface area is 208 Å². The topological polar surface area (TPSA) is 87.5 Å². The molecule has 0 aliphatic rings. The summed E-state index contributed by atoms with van der Waals surface area (Å²) in [6, 6.07) is 22.3. The Morgan fingerprint density at radius 3 is 2.11 bits per heavy atom. The van der Waals surface area contributed by atoms with E-state index >= 15 is 0 Å². The number of carbonyl (C=O) groups is 1. The second kappa shape index (κ2) is 11.4. The van der Waals surface area contributed by atoms with Crippen molar-refractivity contribution in [1.29, 1.82) is 0 Å². The van der Waals surface area contributed by atoms with Crippen LogP contribution in [0.4, 0.5) is 5.69 Å². The van der Waals surface area contributed by atoms with Crippen LogP contribution in [0.5, 0.6) is 23.0 Å².